The first kappa shape index (κ1) is 20.5. The second kappa shape index (κ2) is 10.4. The van der Waals surface area contributed by atoms with Gasteiger partial charge in [0.1, 0.15) is 0 Å². The number of anilines is 1. The van der Waals surface area contributed by atoms with Gasteiger partial charge >= 0.3 is 5.97 Å². The number of amides is 1. The number of carbonyl (C=O) groups is 2. The van der Waals surface area contributed by atoms with Crippen molar-refractivity contribution in [2.45, 2.75) is 6.42 Å². The molecule has 0 spiro atoms. The second-order valence-corrected chi connectivity index (χ2v) is 5.60. The number of nitriles is 1. The minimum atomic E-state index is -0.663. The standard InChI is InChI=1S/C21H20N2O5/c1-26-18-5-3-4-16(21(18)27-2)8-11-20(25)28-14-19(24)23-17-9-6-15(7-10-17)12-13-22/h3-11H,12,14H2,1-2H3,(H,23,24)/b11-8+. The smallest absolute Gasteiger partial charge is 0.331 e. The van der Waals surface area contributed by atoms with E-state index in [0.717, 1.165) is 5.56 Å². The van der Waals surface area contributed by atoms with Gasteiger partial charge in [-0.1, -0.05) is 24.3 Å². The number of nitrogens with zero attached hydrogens (tertiary/aromatic N) is 1. The first-order valence-corrected chi connectivity index (χ1v) is 8.39. The lowest BCUT2D eigenvalue weighted by Crippen LogP contribution is -2.20. The van der Waals surface area contributed by atoms with E-state index < -0.39 is 18.5 Å². The quantitative estimate of drug-likeness (QED) is 0.558. The summed E-state index contributed by atoms with van der Waals surface area (Å²) in [5, 5.41) is 11.3. The summed E-state index contributed by atoms with van der Waals surface area (Å²) in [6, 6.07) is 14.2. The molecule has 7 heteroatoms. The molecule has 0 unspecified atom stereocenters. The van der Waals surface area contributed by atoms with Crippen molar-refractivity contribution in [3.8, 4) is 17.6 Å². The Bertz CT molecular complexity index is 898. The first-order chi connectivity index (χ1) is 13.6. The van der Waals surface area contributed by atoms with Gasteiger partial charge in [0, 0.05) is 17.3 Å². The predicted molar refractivity (Wildman–Crippen MR) is 104 cm³/mol. The van der Waals surface area contributed by atoms with E-state index in [1.54, 1.807) is 42.5 Å². The molecule has 144 valence electrons. The highest BCUT2D eigenvalue weighted by atomic mass is 16.5. The molecule has 0 bridgehead atoms. The Kier molecular flexibility index (Phi) is 7.61. The number of esters is 1. The zero-order valence-corrected chi connectivity index (χ0v) is 15.6. The van der Waals surface area contributed by atoms with Crippen LogP contribution in [0.15, 0.2) is 48.5 Å². The molecule has 0 heterocycles. The van der Waals surface area contributed by atoms with Crippen molar-refractivity contribution in [3.05, 3.63) is 59.7 Å². The van der Waals surface area contributed by atoms with E-state index in [0.29, 0.717) is 29.2 Å². The molecule has 28 heavy (non-hydrogen) atoms. The van der Waals surface area contributed by atoms with Gasteiger partial charge in [-0.25, -0.2) is 4.79 Å². The molecule has 2 aromatic carbocycles. The summed E-state index contributed by atoms with van der Waals surface area (Å²) in [5.74, 6) is -0.0945. The van der Waals surface area contributed by atoms with Crippen molar-refractivity contribution in [1.82, 2.24) is 0 Å². The normalized spacial score (nSPS) is 10.2. The second-order valence-electron chi connectivity index (χ2n) is 5.60. The van der Waals surface area contributed by atoms with Crippen LogP contribution >= 0.6 is 0 Å². The first-order valence-electron chi connectivity index (χ1n) is 8.39. The number of para-hydroxylation sites is 1. The number of rotatable bonds is 8. The largest absolute Gasteiger partial charge is 0.493 e. The van der Waals surface area contributed by atoms with Crippen molar-refractivity contribution in [1.29, 1.82) is 5.26 Å². The molecule has 2 rings (SSSR count). The van der Waals surface area contributed by atoms with E-state index in [4.69, 9.17) is 19.5 Å². The molecule has 0 atom stereocenters. The zero-order chi connectivity index (χ0) is 20.4. The maximum atomic E-state index is 11.9. The Hall–Kier alpha value is -3.79. The summed E-state index contributed by atoms with van der Waals surface area (Å²) in [4.78, 5) is 23.7. The van der Waals surface area contributed by atoms with E-state index in [1.807, 2.05) is 6.07 Å². The molecule has 0 saturated heterocycles. The maximum absolute atomic E-state index is 11.9. The van der Waals surface area contributed by atoms with Gasteiger partial charge in [-0.3, -0.25) is 4.79 Å². The molecule has 0 aliphatic heterocycles. The van der Waals surface area contributed by atoms with Crippen LogP contribution in [0.25, 0.3) is 6.08 Å². The summed E-state index contributed by atoms with van der Waals surface area (Å²) in [6.07, 6.45) is 3.03. The van der Waals surface area contributed by atoms with Crippen LogP contribution in [0.4, 0.5) is 5.69 Å². The molecule has 2 aromatic rings. The van der Waals surface area contributed by atoms with Crippen LogP contribution in [0.2, 0.25) is 0 Å². The van der Waals surface area contributed by atoms with Crippen molar-refractivity contribution < 1.29 is 23.8 Å². The van der Waals surface area contributed by atoms with Gasteiger partial charge in [-0.2, -0.15) is 5.26 Å². The molecule has 0 fully saturated rings. The summed E-state index contributed by atoms with van der Waals surface area (Å²) >= 11 is 0. The fourth-order valence-electron chi connectivity index (χ4n) is 2.38. The van der Waals surface area contributed by atoms with Gasteiger partial charge in [0.25, 0.3) is 5.91 Å². The molecule has 1 amide bonds. The highest BCUT2D eigenvalue weighted by Gasteiger charge is 2.09. The number of benzene rings is 2. The number of methoxy groups -OCH3 is 2. The lowest BCUT2D eigenvalue weighted by molar-refractivity contribution is -0.142. The predicted octanol–water partition coefficient (Wildman–Crippen LogP) is 2.96. The van der Waals surface area contributed by atoms with Gasteiger partial charge in [0.2, 0.25) is 0 Å². The van der Waals surface area contributed by atoms with Crippen molar-refractivity contribution >= 4 is 23.6 Å². The van der Waals surface area contributed by atoms with Gasteiger partial charge in [-0.05, 0) is 29.8 Å². The van der Waals surface area contributed by atoms with E-state index in [-0.39, 0.29) is 0 Å². The maximum Gasteiger partial charge on any atom is 0.331 e. The van der Waals surface area contributed by atoms with Crippen LogP contribution in [0.5, 0.6) is 11.5 Å². The topological polar surface area (TPSA) is 97.6 Å². The lowest BCUT2D eigenvalue weighted by Gasteiger charge is -2.09. The van der Waals surface area contributed by atoms with Crippen molar-refractivity contribution in [3.63, 3.8) is 0 Å². The van der Waals surface area contributed by atoms with Crippen molar-refractivity contribution in [2.24, 2.45) is 0 Å². The van der Waals surface area contributed by atoms with Crippen LogP contribution in [0.3, 0.4) is 0 Å². The SMILES string of the molecule is COc1cccc(/C=C/C(=O)OCC(=O)Nc2ccc(CC#N)cc2)c1OC. The molecule has 0 radical (unpaired) electrons. The third kappa shape index (κ3) is 5.88. The van der Waals surface area contributed by atoms with Crippen LogP contribution < -0.4 is 14.8 Å². The zero-order valence-electron chi connectivity index (χ0n) is 15.6. The highest BCUT2D eigenvalue weighted by Crippen LogP contribution is 2.31. The van der Waals surface area contributed by atoms with E-state index in [9.17, 15) is 9.59 Å². The van der Waals surface area contributed by atoms with Gasteiger partial charge in [0.15, 0.2) is 18.1 Å². The molecule has 7 nitrogen and oxygen atoms in total. The van der Waals surface area contributed by atoms with Crippen LogP contribution in [-0.2, 0) is 20.7 Å². The Labute approximate surface area is 163 Å². The van der Waals surface area contributed by atoms with Gasteiger partial charge in [-0.15, -0.1) is 0 Å². The van der Waals surface area contributed by atoms with E-state index in [1.165, 1.54) is 26.4 Å². The fraction of sp³-hybridized carbons (Fsp3) is 0.190. The Morgan fingerprint density at radius 1 is 1.11 bits per heavy atom. The molecule has 0 aliphatic rings. The number of ether oxygens (including phenoxy) is 3. The molecular formula is C21H20N2O5. The minimum Gasteiger partial charge on any atom is -0.493 e. The average molecular weight is 380 g/mol. The monoisotopic (exact) mass is 380 g/mol. The number of nitrogens with one attached hydrogen (secondary N) is 1. The molecular weight excluding hydrogens is 360 g/mol. The molecule has 0 aromatic heterocycles. The number of carbonyl (C=O) groups excluding carboxylic acids is 2. The molecule has 0 aliphatic carbocycles. The Balaban J connectivity index is 1.87. The van der Waals surface area contributed by atoms with Gasteiger partial charge in [0.05, 0.1) is 26.7 Å². The highest BCUT2D eigenvalue weighted by molar-refractivity contribution is 5.94. The Morgan fingerprint density at radius 3 is 2.50 bits per heavy atom. The summed E-state index contributed by atoms with van der Waals surface area (Å²) in [6.45, 7) is -0.418. The number of hydrogen-bond donors (Lipinski definition) is 1. The minimum absolute atomic E-state index is 0.302. The van der Waals surface area contributed by atoms with Crippen molar-refractivity contribution in [2.75, 3.05) is 26.1 Å². The van der Waals surface area contributed by atoms with E-state index in [2.05, 4.69) is 5.32 Å². The van der Waals surface area contributed by atoms with Crippen LogP contribution in [-0.4, -0.2) is 32.7 Å². The van der Waals surface area contributed by atoms with Crippen LogP contribution in [0.1, 0.15) is 11.1 Å². The summed E-state index contributed by atoms with van der Waals surface area (Å²) in [5.41, 5.74) is 2.05. The van der Waals surface area contributed by atoms with Gasteiger partial charge < -0.3 is 19.5 Å². The third-order valence-corrected chi connectivity index (χ3v) is 3.70. The molecule has 0 saturated carbocycles. The molecule has 1 N–H and O–H groups in total. The number of hydrogen-bond acceptors (Lipinski definition) is 6. The average Bonchev–Trinajstić information content (AvgIpc) is 2.71. The Morgan fingerprint density at radius 2 is 1.86 bits per heavy atom. The third-order valence-electron chi connectivity index (χ3n) is 3.70. The fourth-order valence-corrected chi connectivity index (χ4v) is 2.38. The lowest BCUT2D eigenvalue weighted by atomic mass is 10.1. The van der Waals surface area contributed by atoms with E-state index >= 15 is 0 Å². The van der Waals surface area contributed by atoms with Crippen LogP contribution in [0, 0.1) is 11.3 Å². The summed E-state index contributed by atoms with van der Waals surface area (Å²) < 4.78 is 15.4. The summed E-state index contributed by atoms with van der Waals surface area (Å²) in [7, 11) is 3.03.